The van der Waals surface area contributed by atoms with Crippen LogP contribution in [0.1, 0.15) is 213 Å². The molecule has 6 nitrogen and oxygen atoms in total. The molecule has 0 aliphatic heterocycles. The third-order valence-electron chi connectivity index (χ3n) is 11.0. The average molecular weight is 978 g/mol. The Morgan fingerprint density at radius 2 is 0.521 bits per heavy atom. The molecule has 0 aromatic carbocycles. The fraction of sp³-hybridized carbons (Fsp3) is 0.554. The zero-order chi connectivity index (χ0) is 51.4. The highest BCUT2D eigenvalue weighted by Gasteiger charge is 2.19. The second kappa shape index (κ2) is 57.6. The van der Waals surface area contributed by atoms with E-state index in [1.54, 1.807) is 0 Å². The minimum Gasteiger partial charge on any atom is -0.462 e. The lowest BCUT2D eigenvalue weighted by atomic mass is 10.1. The molecule has 0 unspecified atom stereocenters. The zero-order valence-electron chi connectivity index (χ0n) is 45.2. The lowest BCUT2D eigenvalue weighted by Crippen LogP contribution is -2.30. The summed E-state index contributed by atoms with van der Waals surface area (Å²) in [5.74, 6) is -1.17. The van der Waals surface area contributed by atoms with Crippen molar-refractivity contribution < 1.29 is 28.6 Å². The molecule has 0 heterocycles. The Morgan fingerprint density at radius 1 is 0.282 bits per heavy atom. The molecule has 0 amide bonds. The summed E-state index contributed by atoms with van der Waals surface area (Å²) in [4.78, 5) is 38.0. The number of carbonyl (C=O) groups is 3. The molecular weight excluding hydrogens is 877 g/mol. The van der Waals surface area contributed by atoms with Crippen molar-refractivity contribution in [2.75, 3.05) is 13.2 Å². The molecule has 0 rings (SSSR count). The number of hydrogen-bond donors (Lipinski definition) is 0. The summed E-state index contributed by atoms with van der Waals surface area (Å²) in [5, 5.41) is 0. The fourth-order valence-electron chi connectivity index (χ4n) is 6.76. The van der Waals surface area contributed by atoms with Gasteiger partial charge in [0.2, 0.25) is 0 Å². The third kappa shape index (κ3) is 55.8. The van der Waals surface area contributed by atoms with Crippen LogP contribution in [-0.4, -0.2) is 37.2 Å². The predicted octanol–water partition coefficient (Wildman–Crippen LogP) is 19.0. The number of rotatable bonds is 48. The summed E-state index contributed by atoms with van der Waals surface area (Å²) >= 11 is 0. The Hall–Kier alpha value is -4.97. The summed E-state index contributed by atoms with van der Waals surface area (Å²) in [5.41, 5.74) is 0. The Morgan fingerprint density at radius 3 is 0.789 bits per heavy atom. The Labute approximate surface area is 435 Å². The van der Waals surface area contributed by atoms with Gasteiger partial charge in [-0.25, -0.2) is 0 Å². The van der Waals surface area contributed by atoms with Crippen molar-refractivity contribution in [1.29, 1.82) is 0 Å². The molecule has 0 saturated heterocycles. The van der Waals surface area contributed by atoms with Crippen molar-refractivity contribution >= 4 is 17.9 Å². The first-order chi connectivity index (χ1) is 35.0. The summed E-state index contributed by atoms with van der Waals surface area (Å²) in [6.07, 6.45) is 83.9. The van der Waals surface area contributed by atoms with E-state index in [2.05, 4.69) is 154 Å². The molecular formula is C65H100O6. The second-order valence-corrected chi connectivity index (χ2v) is 17.8. The number of ether oxygens (including phenoxy) is 3. The van der Waals surface area contributed by atoms with E-state index in [1.165, 1.54) is 70.6 Å². The van der Waals surface area contributed by atoms with Crippen molar-refractivity contribution in [2.24, 2.45) is 0 Å². The van der Waals surface area contributed by atoms with Gasteiger partial charge in [0.05, 0.1) is 0 Å². The van der Waals surface area contributed by atoms with Gasteiger partial charge in [0.15, 0.2) is 6.10 Å². The van der Waals surface area contributed by atoms with Gasteiger partial charge in [-0.05, 0) is 135 Å². The number of unbranched alkanes of at least 4 members (excludes halogenated alkanes) is 11. The lowest BCUT2D eigenvalue weighted by Gasteiger charge is -2.18. The highest BCUT2D eigenvalue weighted by Crippen LogP contribution is 2.09. The maximum absolute atomic E-state index is 12.8. The summed E-state index contributed by atoms with van der Waals surface area (Å²) < 4.78 is 16.7. The van der Waals surface area contributed by atoms with Crippen molar-refractivity contribution in [3.63, 3.8) is 0 Å². The molecule has 0 radical (unpaired) electrons. The number of carbonyl (C=O) groups excluding carboxylic acids is 3. The predicted molar refractivity (Wildman–Crippen MR) is 306 cm³/mol. The van der Waals surface area contributed by atoms with Crippen molar-refractivity contribution in [1.82, 2.24) is 0 Å². The maximum Gasteiger partial charge on any atom is 0.306 e. The van der Waals surface area contributed by atoms with Crippen LogP contribution >= 0.6 is 0 Å². The molecule has 396 valence electrons. The topological polar surface area (TPSA) is 78.9 Å². The van der Waals surface area contributed by atoms with Crippen LogP contribution in [0.5, 0.6) is 0 Å². The summed E-state index contributed by atoms with van der Waals surface area (Å²) in [6.45, 7) is 6.37. The normalized spacial score (nSPS) is 13.0. The Kier molecular flexibility index (Phi) is 53.6. The van der Waals surface area contributed by atoms with Crippen molar-refractivity contribution in [3.05, 3.63) is 158 Å². The first-order valence-electron chi connectivity index (χ1n) is 28.0. The molecule has 0 fully saturated rings. The quantitative estimate of drug-likeness (QED) is 0.0262. The Balaban J connectivity index is 4.69. The van der Waals surface area contributed by atoms with Crippen LogP contribution in [-0.2, 0) is 28.6 Å². The van der Waals surface area contributed by atoms with Crippen molar-refractivity contribution in [2.45, 2.75) is 219 Å². The molecule has 0 atom stereocenters. The van der Waals surface area contributed by atoms with E-state index in [-0.39, 0.29) is 44.4 Å². The minimum absolute atomic E-state index is 0.163. The van der Waals surface area contributed by atoms with E-state index >= 15 is 0 Å². The van der Waals surface area contributed by atoms with Gasteiger partial charge in [-0.15, -0.1) is 0 Å². The first-order valence-corrected chi connectivity index (χ1v) is 28.0. The first kappa shape index (κ1) is 66.0. The lowest BCUT2D eigenvalue weighted by molar-refractivity contribution is -0.166. The molecule has 0 spiro atoms. The van der Waals surface area contributed by atoms with Crippen LogP contribution in [0.15, 0.2) is 158 Å². The van der Waals surface area contributed by atoms with Gasteiger partial charge in [0, 0.05) is 19.3 Å². The van der Waals surface area contributed by atoms with E-state index in [1.807, 2.05) is 24.3 Å². The molecule has 6 heteroatoms. The molecule has 0 aromatic rings. The van der Waals surface area contributed by atoms with E-state index in [0.717, 1.165) is 83.5 Å². The molecule has 0 saturated carbocycles. The van der Waals surface area contributed by atoms with E-state index in [4.69, 9.17) is 14.2 Å². The van der Waals surface area contributed by atoms with E-state index in [0.29, 0.717) is 19.3 Å². The van der Waals surface area contributed by atoms with Crippen LogP contribution in [0.2, 0.25) is 0 Å². The molecule has 0 bridgehead atoms. The van der Waals surface area contributed by atoms with Gasteiger partial charge in [-0.3, -0.25) is 14.4 Å². The molecule has 0 aromatic heterocycles. The van der Waals surface area contributed by atoms with Crippen LogP contribution < -0.4 is 0 Å². The van der Waals surface area contributed by atoms with E-state index in [9.17, 15) is 14.4 Å². The fourth-order valence-corrected chi connectivity index (χ4v) is 6.76. The van der Waals surface area contributed by atoms with Gasteiger partial charge in [0.25, 0.3) is 0 Å². The molecule has 0 aliphatic rings. The third-order valence-corrected chi connectivity index (χ3v) is 11.0. The number of allylic oxidation sites excluding steroid dienone is 26. The maximum atomic E-state index is 12.8. The standard InChI is InChI=1S/C65H100O6/c1-4-7-10-13-16-19-22-25-28-30-32-34-37-39-42-45-48-51-54-57-63(66)69-60-62(71-65(68)59-56-53-50-47-44-41-36-27-24-21-18-15-12-9-6-3)61-70-64(67)58-55-52-49-46-43-40-38-35-33-31-29-26-23-20-17-14-11-8-5-2/h16-21,25-29,32-36,39-40,42-44,47-49,51-52,62H,4-15,22-24,30-31,37-38,41,45-46,50,53-61H2,1-3H3/b19-16-,20-17-,21-18-,28-25-,29-26-,34-32-,35-33-,36-27-,42-39-,43-40-,47-44-,51-48-,52-49-. The van der Waals surface area contributed by atoms with Crippen LogP contribution in [0.25, 0.3) is 0 Å². The second-order valence-electron chi connectivity index (χ2n) is 17.8. The monoisotopic (exact) mass is 977 g/mol. The van der Waals surface area contributed by atoms with Gasteiger partial charge >= 0.3 is 17.9 Å². The van der Waals surface area contributed by atoms with Gasteiger partial charge in [-0.1, -0.05) is 217 Å². The van der Waals surface area contributed by atoms with Gasteiger partial charge in [-0.2, -0.15) is 0 Å². The van der Waals surface area contributed by atoms with Crippen LogP contribution in [0, 0.1) is 0 Å². The van der Waals surface area contributed by atoms with Crippen LogP contribution in [0.4, 0.5) is 0 Å². The SMILES string of the molecule is CCCCC/C=C\C/C=C\C/C=C\C/C=C\C/C=C\CCC(=O)OCC(COC(=O)CC/C=C\C/C=C\C/C=C\C/C=C\C/C=C\CCCCC)OC(=O)CCCC/C=C\C/C=C\C/C=C\CCCCC. The average Bonchev–Trinajstić information content (AvgIpc) is 3.37. The van der Waals surface area contributed by atoms with E-state index < -0.39 is 12.1 Å². The molecule has 71 heavy (non-hydrogen) atoms. The minimum atomic E-state index is -0.866. The van der Waals surface area contributed by atoms with Crippen LogP contribution in [0.3, 0.4) is 0 Å². The highest BCUT2D eigenvalue weighted by molar-refractivity contribution is 5.71. The van der Waals surface area contributed by atoms with Gasteiger partial charge < -0.3 is 14.2 Å². The molecule has 0 N–H and O–H groups in total. The Bertz CT molecular complexity index is 1550. The number of hydrogen-bond acceptors (Lipinski definition) is 6. The highest BCUT2D eigenvalue weighted by atomic mass is 16.6. The molecule has 0 aliphatic carbocycles. The van der Waals surface area contributed by atoms with Crippen molar-refractivity contribution in [3.8, 4) is 0 Å². The largest absolute Gasteiger partial charge is 0.462 e. The summed E-state index contributed by atoms with van der Waals surface area (Å²) in [6, 6.07) is 0. The number of esters is 3. The smallest absolute Gasteiger partial charge is 0.306 e. The summed E-state index contributed by atoms with van der Waals surface area (Å²) in [7, 11) is 0. The van der Waals surface area contributed by atoms with Gasteiger partial charge in [0.1, 0.15) is 13.2 Å². The zero-order valence-corrected chi connectivity index (χ0v) is 45.2.